The van der Waals surface area contributed by atoms with Crippen LogP contribution in [0.2, 0.25) is 0 Å². The molecule has 2 aromatic carbocycles. The number of hydrogen-bond donors (Lipinski definition) is 0. The van der Waals surface area contributed by atoms with E-state index in [1.54, 1.807) is 0 Å². The van der Waals surface area contributed by atoms with Gasteiger partial charge in [-0.25, -0.2) is 0 Å². The SMILES string of the molecule is C=CCn1c(=NC(=O)CCc2ccccc2)sc2cccc(OCC)c21. The Morgan fingerprint density at radius 1 is 1.23 bits per heavy atom. The minimum atomic E-state index is -0.115. The lowest BCUT2D eigenvalue weighted by atomic mass is 10.1. The van der Waals surface area contributed by atoms with Gasteiger partial charge in [0.1, 0.15) is 11.3 Å². The first kappa shape index (κ1) is 18.1. The number of para-hydroxylation sites is 1. The van der Waals surface area contributed by atoms with Crippen LogP contribution in [0.25, 0.3) is 10.2 Å². The molecule has 0 fully saturated rings. The zero-order chi connectivity index (χ0) is 18.4. The minimum Gasteiger partial charge on any atom is -0.492 e. The van der Waals surface area contributed by atoms with Gasteiger partial charge >= 0.3 is 0 Å². The van der Waals surface area contributed by atoms with Crippen molar-refractivity contribution in [3.05, 3.63) is 71.6 Å². The molecule has 0 radical (unpaired) electrons. The van der Waals surface area contributed by atoms with E-state index in [-0.39, 0.29) is 5.91 Å². The molecule has 0 spiro atoms. The van der Waals surface area contributed by atoms with Crippen molar-refractivity contribution in [2.75, 3.05) is 6.61 Å². The molecule has 0 aliphatic heterocycles. The van der Waals surface area contributed by atoms with Crippen LogP contribution in [0.4, 0.5) is 0 Å². The number of carbonyl (C=O) groups excluding carboxylic acids is 1. The van der Waals surface area contributed by atoms with Crippen molar-refractivity contribution in [3.8, 4) is 5.75 Å². The number of nitrogens with zero attached hydrogens (tertiary/aromatic N) is 2. The second-order valence-corrected chi connectivity index (χ2v) is 6.82. The number of aryl methyl sites for hydroxylation is 1. The first-order valence-corrected chi connectivity index (χ1v) is 9.52. The molecule has 0 saturated heterocycles. The van der Waals surface area contributed by atoms with Gasteiger partial charge in [0.05, 0.1) is 11.3 Å². The summed E-state index contributed by atoms with van der Waals surface area (Å²) < 4.78 is 8.80. The standard InChI is InChI=1S/C21H22N2O2S/c1-3-15-23-20-17(25-4-2)11-8-12-18(20)26-21(23)22-19(24)14-13-16-9-6-5-7-10-16/h3,5-12H,1,4,13-15H2,2H3. The second kappa shape index (κ2) is 8.63. The van der Waals surface area contributed by atoms with Gasteiger partial charge in [0.2, 0.25) is 5.91 Å². The zero-order valence-corrected chi connectivity index (χ0v) is 15.7. The molecule has 134 valence electrons. The van der Waals surface area contributed by atoms with Crippen molar-refractivity contribution >= 4 is 27.5 Å². The highest BCUT2D eigenvalue weighted by atomic mass is 32.1. The van der Waals surface area contributed by atoms with Crippen molar-refractivity contribution in [1.29, 1.82) is 0 Å². The van der Waals surface area contributed by atoms with Crippen LogP contribution in [0.5, 0.6) is 5.75 Å². The topological polar surface area (TPSA) is 43.6 Å². The predicted molar refractivity (Wildman–Crippen MR) is 107 cm³/mol. The van der Waals surface area contributed by atoms with Gasteiger partial charge < -0.3 is 9.30 Å². The van der Waals surface area contributed by atoms with Crippen LogP contribution >= 0.6 is 11.3 Å². The number of allylic oxidation sites excluding steroid dienone is 1. The second-order valence-electron chi connectivity index (χ2n) is 5.81. The molecule has 0 unspecified atom stereocenters. The van der Waals surface area contributed by atoms with Gasteiger partial charge in [-0.2, -0.15) is 4.99 Å². The fraction of sp³-hybridized carbons (Fsp3) is 0.238. The van der Waals surface area contributed by atoms with Gasteiger partial charge in [0, 0.05) is 13.0 Å². The van der Waals surface area contributed by atoms with Crippen molar-refractivity contribution in [2.24, 2.45) is 4.99 Å². The maximum atomic E-state index is 12.4. The number of carbonyl (C=O) groups is 1. The van der Waals surface area contributed by atoms with Gasteiger partial charge in [0.25, 0.3) is 0 Å². The van der Waals surface area contributed by atoms with Crippen LogP contribution in [-0.2, 0) is 17.8 Å². The summed E-state index contributed by atoms with van der Waals surface area (Å²) in [7, 11) is 0. The number of amides is 1. The average Bonchev–Trinajstić information content (AvgIpc) is 3.00. The molecule has 3 rings (SSSR count). The molecule has 0 N–H and O–H groups in total. The number of thiazole rings is 1. The lowest BCUT2D eigenvalue weighted by Crippen LogP contribution is -2.16. The summed E-state index contributed by atoms with van der Waals surface area (Å²) >= 11 is 1.50. The highest BCUT2D eigenvalue weighted by molar-refractivity contribution is 7.16. The molecule has 0 aliphatic rings. The minimum absolute atomic E-state index is 0.115. The number of hydrogen-bond acceptors (Lipinski definition) is 3. The third kappa shape index (κ3) is 4.11. The molecular formula is C21H22N2O2S. The first-order valence-electron chi connectivity index (χ1n) is 8.70. The molecule has 3 aromatic rings. The average molecular weight is 366 g/mol. The van der Waals surface area contributed by atoms with Crippen LogP contribution < -0.4 is 9.54 Å². The number of rotatable bonds is 7. The molecule has 0 aliphatic carbocycles. The first-order chi connectivity index (χ1) is 12.7. The van der Waals surface area contributed by atoms with Crippen LogP contribution in [0.15, 0.2) is 66.2 Å². The number of aromatic nitrogens is 1. The third-order valence-corrected chi connectivity index (χ3v) is 5.01. The third-order valence-electron chi connectivity index (χ3n) is 3.97. The van der Waals surface area contributed by atoms with Crippen molar-refractivity contribution in [2.45, 2.75) is 26.3 Å². The normalized spacial score (nSPS) is 11.7. The molecule has 5 heteroatoms. The Morgan fingerprint density at radius 2 is 2.04 bits per heavy atom. The highest BCUT2D eigenvalue weighted by Crippen LogP contribution is 2.27. The Labute approximate surface area is 157 Å². The van der Waals surface area contributed by atoms with Gasteiger partial charge in [-0.05, 0) is 31.0 Å². The summed E-state index contributed by atoms with van der Waals surface area (Å²) in [6.45, 7) is 6.96. The highest BCUT2D eigenvalue weighted by Gasteiger charge is 2.12. The van der Waals surface area contributed by atoms with Crippen LogP contribution in [0.3, 0.4) is 0 Å². The van der Waals surface area contributed by atoms with E-state index in [1.165, 1.54) is 11.3 Å². The largest absolute Gasteiger partial charge is 0.492 e. The quantitative estimate of drug-likeness (QED) is 0.584. The Hall–Kier alpha value is -2.66. The number of fused-ring (bicyclic) bond motifs is 1. The molecule has 0 atom stereocenters. The molecule has 26 heavy (non-hydrogen) atoms. The Kier molecular flexibility index (Phi) is 6.02. The summed E-state index contributed by atoms with van der Waals surface area (Å²) in [5.41, 5.74) is 2.11. The Bertz CT molecular complexity index is 971. The van der Waals surface area contributed by atoms with E-state index >= 15 is 0 Å². The predicted octanol–water partition coefficient (Wildman–Crippen LogP) is 4.35. The Morgan fingerprint density at radius 3 is 2.77 bits per heavy atom. The summed E-state index contributed by atoms with van der Waals surface area (Å²) in [6.07, 6.45) is 2.90. The van der Waals surface area contributed by atoms with Gasteiger partial charge in [-0.15, -0.1) is 6.58 Å². The molecule has 1 heterocycles. The molecule has 4 nitrogen and oxygen atoms in total. The van der Waals surface area contributed by atoms with E-state index in [1.807, 2.05) is 66.1 Å². The molecule has 0 bridgehead atoms. The number of ether oxygens (including phenoxy) is 1. The number of benzene rings is 2. The smallest absolute Gasteiger partial charge is 0.248 e. The van der Waals surface area contributed by atoms with Crippen LogP contribution in [0, 0.1) is 0 Å². The maximum absolute atomic E-state index is 12.4. The fourth-order valence-electron chi connectivity index (χ4n) is 2.81. The lowest BCUT2D eigenvalue weighted by Gasteiger charge is -2.07. The van der Waals surface area contributed by atoms with Gasteiger partial charge in [0.15, 0.2) is 4.80 Å². The maximum Gasteiger partial charge on any atom is 0.248 e. The van der Waals surface area contributed by atoms with Crippen molar-refractivity contribution in [3.63, 3.8) is 0 Å². The van der Waals surface area contributed by atoms with Crippen LogP contribution in [-0.4, -0.2) is 17.1 Å². The molecule has 1 aromatic heterocycles. The Balaban J connectivity index is 1.94. The molecule has 1 amide bonds. The van der Waals surface area contributed by atoms with Crippen molar-refractivity contribution < 1.29 is 9.53 Å². The summed E-state index contributed by atoms with van der Waals surface area (Å²) in [5, 5.41) is 0. The van der Waals surface area contributed by atoms with E-state index in [2.05, 4.69) is 11.6 Å². The van der Waals surface area contributed by atoms with Gasteiger partial charge in [-0.1, -0.05) is 53.8 Å². The summed E-state index contributed by atoms with van der Waals surface area (Å²) in [5.74, 6) is 0.692. The summed E-state index contributed by atoms with van der Waals surface area (Å²) in [6, 6.07) is 15.9. The summed E-state index contributed by atoms with van der Waals surface area (Å²) in [4.78, 5) is 17.5. The van der Waals surface area contributed by atoms with Crippen LogP contribution in [0.1, 0.15) is 18.9 Å². The van der Waals surface area contributed by atoms with E-state index in [4.69, 9.17) is 4.74 Å². The lowest BCUT2D eigenvalue weighted by molar-refractivity contribution is -0.118. The fourth-order valence-corrected chi connectivity index (χ4v) is 3.89. The van der Waals surface area contributed by atoms with Gasteiger partial charge in [-0.3, -0.25) is 4.79 Å². The molecular weight excluding hydrogens is 344 g/mol. The van der Waals surface area contributed by atoms with E-state index in [9.17, 15) is 4.79 Å². The zero-order valence-electron chi connectivity index (χ0n) is 14.9. The van der Waals surface area contributed by atoms with E-state index in [0.29, 0.717) is 30.8 Å². The van der Waals surface area contributed by atoms with E-state index < -0.39 is 0 Å². The monoisotopic (exact) mass is 366 g/mol. The van der Waals surface area contributed by atoms with E-state index in [0.717, 1.165) is 21.5 Å². The van der Waals surface area contributed by atoms with Crippen molar-refractivity contribution in [1.82, 2.24) is 4.57 Å². The molecule has 0 saturated carbocycles.